The van der Waals surface area contributed by atoms with E-state index in [0.717, 1.165) is 48.9 Å². The van der Waals surface area contributed by atoms with Crippen LogP contribution in [0.4, 0.5) is 17.6 Å². The molecule has 2 N–H and O–H groups in total. The van der Waals surface area contributed by atoms with E-state index in [1.54, 1.807) is 16.7 Å². The predicted molar refractivity (Wildman–Crippen MR) is 142 cm³/mol. The number of halogens is 4. The molecule has 0 aliphatic heterocycles. The minimum Gasteiger partial charge on any atom is -0.481 e. The number of nitrogens with zero attached hydrogens (tertiary/aromatic N) is 2. The Morgan fingerprint density at radius 1 is 0.976 bits per heavy atom. The van der Waals surface area contributed by atoms with Gasteiger partial charge < -0.3 is 19.6 Å². The first kappa shape index (κ1) is 28.1. The van der Waals surface area contributed by atoms with Crippen LogP contribution in [0.1, 0.15) is 59.6 Å². The molecule has 4 aromatic rings. The molecule has 1 amide bonds. The molecule has 11 heteroatoms. The Morgan fingerprint density at radius 3 is 2.37 bits per heavy atom. The quantitative estimate of drug-likeness (QED) is 0.230. The number of imidazole rings is 1. The summed E-state index contributed by atoms with van der Waals surface area (Å²) in [6.45, 7) is -0.153. The molecule has 1 saturated carbocycles. The molecule has 0 radical (unpaired) electrons. The van der Waals surface area contributed by atoms with Crippen molar-refractivity contribution >= 4 is 17.5 Å². The molecule has 1 aliphatic carbocycles. The van der Waals surface area contributed by atoms with Crippen molar-refractivity contribution in [3.8, 4) is 16.9 Å². The van der Waals surface area contributed by atoms with Crippen molar-refractivity contribution < 1.29 is 37.0 Å². The van der Waals surface area contributed by atoms with Gasteiger partial charge in [0.05, 0.1) is 0 Å². The number of aliphatic carboxylic acids is 1. The van der Waals surface area contributed by atoms with E-state index in [1.807, 2.05) is 24.4 Å². The minimum absolute atomic E-state index is 0.116. The zero-order valence-corrected chi connectivity index (χ0v) is 21.8. The fourth-order valence-corrected chi connectivity index (χ4v) is 5.30. The van der Waals surface area contributed by atoms with Crippen LogP contribution in [0.25, 0.3) is 16.8 Å². The maximum Gasteiger partial charge on any atom is 0.573 e. The first-order valence-corrected chi connectivity index (χ1v) is 13.2. The second-order valence-corrected chi connectivity index (χ2v) is 10.2. The number of nitrogens with one attached hydrogen (secondary N) is 1. The second kappa shape index (κ2) is 11.6. The maximum absolute atomic E-state index is 13.6. The largest absolute Gasteiger partial charge is 0.573 e. The lowest BCUT2D eigenvalue weighted by molar-refractivity contribution is -0.275. The van der Waals surface area contributed by atoms with Crippen LogP contribution in [0.3, 0.4) is 0 Å². The number of pyridine rings is 1. The van der Waals surface area contributed by atoms with Crippen molar-refractivity contribution in [1.82, 2.24) is 14.7 Å². The molecule has 0 bridgehead atoms. The van der Waals surface area contributed by atoms with Gasteiger partial charge in [-0.15, -0.1) is 13.2 Å². The van der Waals surface area contributed by atoms with Crippen LogP contribution in [0.5, 0.6) is 5.75 Å². The number of carboxylic acid groups (broad SMARTS) is 1. The molecule has 214 valence electrons. The predicted octanol–water partition coefficient (Wildman–Crippen LogP) is 6.72. The van der Waals surface area contributed by atoms with E-state index >= 15 is 0 Å². The van der Waals surface area contributed by atoms with Crippen LogP contribution in [0, 0.1) is 11.7 Å². The van der Waals surface area contributed by atoms with Crippen molar-refractivity contribution in [2.45, 2.75) is 50.9 Å². The molecule has 41 heavy (non-hydrogen) atoms. The smallest absolute Gasteiger partial charge is 0.481 e. The van der Waals surface area contributed by atoms with Crippen molar-refractivity contribution in [1.29, 1.82) is 0 Å². The highest BCUT2D eigenvalue weighted by Gasteiger charge is 2.32. The number of carbonyl (C=O) groups excluding carboxylic acids is 1. The van der Waals surface area contributed by atoms with Gasteiger partial charge in [0.2, 0.25) is 0 Å². The summed E-state index contributed by atoms with van der Waals surface area (Å²) in [5, 5.41) is 11.6. The fraction of sp³-hybridized carbons (Fsp3) is 0.300. The van der Waals surface area contributed by atoms with Crippen LogP contribution in [-0.2, 0) is 11.3 Å². The van der Waals surface area contributed by atoms with Crippen LogP contribution < -0.4 is 10.1 Å². The number of hydrogen-bond acceptors (Lipinski definition) is 4. The summed E-state index contributed by atoms with van der Waals surface area (Å²) in [5.74, 6) is -2.73. The Kier molecular flexibility index (Phi) is 7.96. The molecule has 0 atom stereocenters. The standard InChI is InChI=1S/C30H27F4N3O4/c31-24-11-3-19(13-26(24)41-30(32,33)34)15-35-29(40)25-17-37-16-23(10-12-27(37)36-25)22-8-6-21(7-9-22)20-4-1-18(2-5-20)14-28(38)39/h3,6-13,16-18,20H,1-2,4-5,14-15H2,(H,35,40)(H,38,39)/t18-,20-. The Balaban J connectivity index is 1.22. The van der Waals surface area contributed by atoms with E-state index in [-0.39, 0.29) is 30.1 Å². The van der Waals surface area contributed by atoms with Crippen LogP contribution in [0.2, 0.25) is 0 Å². The number of alkyl halides is 3. The molecule has 2 heterocycles. The number of rotatable bonds is 8. The lowest BCUT2D eigenvalue weighted by Gasteiger charge is -2.28. The summed E-state index contributed by atoms with van der Waals surface area (Å²) < 4.78 is 56.5. The summed E-state index contributed by atoms with van der Waals surface area (Å²) in [7, 11) is 0. The lowest BCUT2D eigenvalue weighted by Crippen LogP contribution is -2.23. The molecule has 2 aromatic heterocycles. The monoisotopic (exact) mass is 569 g/mol. The van der Waals surface area contributed by atoms with Gasteiger partial charge in [-0.2, -0.15) is 0 Å². The van der Waals surface area contributed by atoms with E-state index in [4.69, 9.17) is 5.11 Å². The number of carboxylic acids is 1. The Bertz CT molecular complexity index is 1560. The van der Waals surface area contributed by atoms with Crippen LogP contribution in [0.15, 0.2) is 67.0 Å². The van der Waals surface area contributed by atoms with Gasteiger partial charge in [-0.05, 0) is 84.0 Å². The fourth-order valence-electron chi connectivity index (χ4n) is 5.30. The van der Waals surface area contributed by atoms with Gasteiger partial charge in [-0.1, -0.05) is 30.3 Å². The summed E-state index contributed by atoms with van der Waals surface area (Å²) >= 11 is 0. The highest BCUT2D eigenvalue weighted by atomic mass is 19.4. The third-order valence-electron chi connectivity index (χ3n) is 7.38. The van der Waals surface area contributed by atoms with Crippen molar-refractivity contribution in [2.75, 3.05) is 0 Å². The van der Waals surface area contributed by atoms with Gasteiger partial charge in [0.25, 0.3) is 5.91 Å². The summed E-state index contributed by atoms with van der Waals surface area (Å²) in [6, 6.07) is 15.0. The SMILES string of the molecule is O=C(O)C[C@H]1CC[C@H](c2ccc(-c3ccc4nc(C(=O)NCc5ccc(F)c(OC(F)(F)F)c5)cn4c3)cc2)CC1. The molecule has 0 spiro atoms. The van der Waals surface area contributed by atoms with Gasteiger partial charge in [0.1, 0.15) is 11.3 Å². The zero-order valence-electron chi connectivity index (χ0n) is 21.8. The molecule has 2 aromatic carbocycles. The molecule has 5 rings (SSSR count). The molecule has 0 unspecified atom stereocenters. The summed E-state index contributed by atoms with van der Waals surface area (Å²) in [5.41, 5.74) is 4.02. The molecule has 0 saturated heterocycles. The number of carbonyl (C=O) groups is 2. The van der Waals surface area contributed by atoms with E-state index in [9.17, 15) is 27.2 Å². The van der Waals surface area contributed by atoms with Crippen molar-refractivity contribution in [3.63, 3.8) is 0 Å². The molecular formula is C30H27F4N3O4. The summed E-state index contributed by atoms with van der Waals surface area (Å²) in [4.78, 5) is 28.0. The van der Waals surface area contributed by atoms with Gasteiger partial charge in [0, 0.05) is 25.4 Å². The average molecular weight is 570 g/mol. The Labute approximate surface area is 232 Å². The highest BCUT2D eigenvalue weighted by Crippen LogP contribution is 2.37. The summed E-state index contributed by atoms with van der Waals surface area (Å²) in [6.07, 6.45) is 2.41. The molecule has 1 aliphatic rings. The third kappa shape index (κ3) is 7.03. The second-order valence-electron chi connectivity index (χ2n) is 10.2. The van der Waals surface area contributed by atoms with E-state index in [2.05, 4.69) is 27.2 Å². The number of benzene rings is 2. The van der Waals surface area contributed by atoms with Crippen molar-refractivity contribution in [2.24, 2.45) is 5.92 Å². The van der Waals surface area contributed by atoms with Gasteiger partial charge in [0.15, 0.2) is 11.6 Å². The topological polar surface area (TPSA) is 92.9 Å². The number of fused-ring (bicyclic) bond motifs is 1. The highest BCUT2D eigenvalue weighted by molar-refractivity contribution is 5.92. The van der Waals surface area contributed by atoms with Crippen molar-refractivity contribution in [3.05, 3.63) is 89.6 Å². The first-order chi connectivity index (χ1) is 19.5. The van der Waals surface area contributed by atoms with Crippen LogP contribution in [-0.4, -0.2) is 32.7 Å². The zero-order chi connectivity index (χ0) is 29.1. The normalized spacial score (nSPS) is 17.4. The third-order valence-corrected chi connectivity index (χ3v) is 7.38. The van der Waals surface area contributed by atoms with Gasteiger partial charge >= 0.3 is 12.3 Å². The molecular weight excluding hydrogens is 542 g/mol. The van der Waals surface area contributed by atoms with E-state index < -0.39 is 29.8 Å². The Hall–Kier alpha value is -4.41. The number of ether oxygens (including phenoxy) is 1. The maximum atomic E-state index is 13.6. The number of hydrogen-bond donors (Lipinski definition) is 2. The van der Waals surface area contributed by atoms with Gasteiger partial charge in [-0.25, -0.2) is 9.37 Å². The first-order valence-electron chi connectivity index (χ1n) is 13.2. The Morgan fingerprint density at radius 2 is 1.68 bits per heavy atom. The van der Waals surface area contributed by atoms with Crippen LogP contribution >= 0.6 is 0 Å². The lowest BCUT2D eigenvalue weighted by atomic mass is 9.77. The average Bonchev–Trinajstić information content (AvgIpc) is 3.36. The number of amides is 1. The van der Waals surface area contributed by atoms with E-state index in [1.165, 1.54) is 11.6 Å². The van der Waals surface area contributed by atoms with E-state index in [0.29, 0.717) is 11.6 Å². The van der Waals surface area contributed by atoms with Gasteiger partial charge in [-0.3, -0.25) is 9.59 Å². The molecule has 1 fully saturated rings. The molecule has 7 nitrogen and oxygen atoms in total. The number of aromatic nitrogens is 2. The minimum atomic E-state index is -5.04.